The number of halogens is 2. The summed E-state index contributed by atoms with van der Waals surface area (Å²) in [5, 5.41) is 1.22. The number of nitrogens with zero attached hydrogens (tertiary/aromatic N) is 1. The highest BCUT2D eigenvalue weighted by atomic mass is 127. The van der Waals surface area contributed by atoms with Crippen LogP contribution in [0.3, 0.4) is 0 Å². The Morgan fingerprint density at radius 2 is 1.78 bits per heavy atom. The molecule has 0 spiro atoms. The predicted octanol–water partition coefficient (Wildman–Crippen LogP) is 2.22. The SMILES string of the molecule is NC(=O)COc1c(I)cc(/C=C2/C(=O)NN(c3ccccc3)C2=O)cc1I. The Morgan fingerprint density at radius 1 is 1.15 bits per heavy atom. The number of primary amides is 1. The molecule has 1 aliphatic rings. The van der Waals surface area contributed by atoms with Crippen molar-refractivity contribution in [2.75, 3.05) is 11.6 Å². The number of hydrazine groups is 1. The normalized spacial score (nSPS) is 15.2. The number of anilines is 1. The number of ether oxygens (including phenoxy) is 1. The van der Waals surface area contributed by atoms with Gasteiger partial charge in [-0.1, -0.05) is 18.2 Å². The van der Waals surface area contributed by atoms with Crippen LogP contribution < -0.4 is 20.9 Å². The Balaban J connectivity index is 1.89. The molecule has 27 heavy (non-hydrogen) atoms. The van der Waals surface area contributed by atoms with Crippen LogP contribution in [0.1, 0.15) is 5.56 Å². The number of hydrogen-bond donors (Lipinski definition) is 2. The molecular formula is C18H13I2N3O4. The van der Waals surface area contributed by atoms with E-state index in [1.54, 1.807) is 36.4 Å². The number of hydrogen-bond acceptors (Lipinski definition) is 4. The van der Waals surface area contributed by atoms with Gasteiger partial charge in [-0.15, -0.1) is 0 Å². The van der Waals surface area contributed by atoms with Crippen molar-refractivity contribution in [2.24, 2.45) is 5.73 Å². The second-order valence-corrected chi connectivity index (χ2v) is 7.87. The number of benzene rings is 2. The van der Waals surface area contributed by atoms with Gasteiger partial charge in [0.1, 0.15) is 11.3 Å². The van der Waals surface area contributed by atoms with E-state index in [1.807, 2.05) is 6.07 Å². The molecule has 0 radical (unpaired) electrons. The summed E-state index contributed by atoms with van der Waals surface area (Å²) >= 11 is 4.12. The largest absolute Gasteiger partial charge is 0.482 e. The van der Waals surface area contributed by atoms with Gasteiger partial charge in [0.2, 0.25) is 0 Å². The van der Waals surface area contributed by atoms with Gasteiger partial charge in [-0.3, -0.25) is 19.8 Å². The molecule has 3 N–H and O–H groups in total. The zero-order valence-corrected chi connectivity index (χ0v) is 18.1. The molecule has 1 saturated heterocycles. The van der Waals surface area contributed by atoms with E-state index >= 15 is 0 Å². The van der Waals surface area contributed by atoms with Gasteiger partial charge < -0.3 is 10.5 Å². The highest BCUT2D eigenvalue weighted by Gasteiger charge is 2.34. The molecule has 2 aromatic rings. The molecule has 0 bridgehead atoms. The molecule has 9 heteroatoms. The van der Waals surface area contributed by atoms with E-state index in [2.05, 4.69) is 50.6 Å². The molecule has 0 aliphatic carbocycles. The van der Waals surface area contributed by atoms with Crippen LogP contribution in [0.25, 0.3) is 6.08 Å². The number of carbonyl (C=O) groups is 3. The summed E-state index contributed by atoms with van der Waals surface area (Å²) in [5.74, 6) is -0.930. The molecular weight excluding hydrogens is 576 g/mol. The van der Waals surface area contributed by atoms with Crippen LogP contribution in [0.5, 0.6) is 5.75 Å². The third-order valence-electron chi connectivity index (χ3n) is 3.60. The fourth-order valence-corrected chi connectivity index (χ4v) is 4.55. The second-order valence-electron chi connectivity index (χ2n) is 5.54. The van der Waals surface area contributed by atoms with Crippen LogP contribution in [0.2, 0.25) is 0 Å². The van der Waals surface area contributed by atoms with Crippen molar-refractivity contribution in [3.05, 3.63) is 60.7 Å². The summed E-state index contributed by atoms with van der Waals surface area (Å²) in [6.07, 6.45) is 1.53. The molecule has 0 atom stereocenters. The van der Waals surface area contributed by atoms with Crippen LogP contribution in [0, 0.1) is 7.14 Å². The van der Waals surface area contributed by atoms with Crippen LogP contribution in [0.15, 0.2) is 48.0 Å². The molecule has 1 aliphatic heterocycles. The van der Waals surface area contributed by atoms with E-state index in [9.17, 15) is 14.4 Å². The summed E-state index contributed by atoms with van der Waals surface area (Å²) in [7, 11) is 0. The van der Waals surface area contributed by atoms with Crippen molar-refractivity contribution in [3.8, 4) is 5.75 Å². The predicted molar refractivity (Wildman–Crippen MR) is 117 cm³/mol. The highest BCUT2D eigenvalue weighted by Crippen LogP contribution is 2.30. The van der Waals surface area contributed by atoms with Gasteiger partial charge in [-0.05, 0) is 81.1 Å². The zero-order chi connectivity index (χ0) is 19.6. The molecule has 3 rings (SSSR count). The zero-order valence-electron chi connectivity index (χ0n) is 13.7. The Bertz CT molecular complexity index is 937. The van der Waals surface area contributed by atoms with E-state index < -0.39 is 17.7 Å². The number of nitrogens with one attached hydrogen (secondary N) is 1. The first-order chi connectivity index (χ1) is 12.9. The highest BCUT2D eigenvalue weighted by molar-refractivity contribution is 14.1. The quantitative estimate of drug-likeness (QED) is 0.318. The second kappa shape index (κ2) is 8.25. The Kier molecular flexibility index (Phi) is 5.99. The molecule has 1 fully saturated rings. The Hall–Kier alpha value is -2.15. The summed E-state index contributed by atoms with van der Waals surface area (Å²) < 4.78 is 6.88. The Labute approximate surface area is 182 Å². The first-order valence-corrected chi connectivity index (χ1v) is 9.85. The van der Waals surface area contributed by atoms with Crippen molar-refractivity contribution >= 4 is 74.7 Å². The third-order valence-corrected chi connectivity index (χ3v) is 5.20. The van der Waals surface area contributed by atoms with Crippen LogP contribution >= 0.6 is 45.2 Å². The minimum absolute atomic E-state index is 0.0382. The molecule has 138 valence electrons. The van der Waals surface area contributed by atoms with E-state index in [4.69, 9.17) is 10.5 Å². The molecule has 2 aromatic carbocycles. The summed E-state index contributed by atoms with van der Waals surface area (Å²) in [4.78, 5) is 35.8. The van der Waals surface area contributed by atoms with Gasteiger partial charge >= 0.3 is 0 Å². The minimum atomic E-state index is -0.568. The first kappa shape index (κ1) is 19.6. The van der Waals surface area contributed by atoms with Crippen molar-refractivity contribution in [3.63, 3.8) is 0 Å². The maximum absolute atomic E-state index is 12.6. The van der Waals surface area contributed by atoms with Crippen molar-refractivity contribution in [1.82, 2.24) is 5.43 Å². The molecule has 1 heterocycles. The van der Waals surface area contributed by atoms with Gasteiger partial charge in [-0.2, -0.15) is 0 Å². The van der Waals surface area contributed by atoms with Crippen molar-refractivity contribution < 1.29 is 19.1 Å². The summed E-state index contributed by atoms with van der Waals surface area (Å²) in [6, 6.07) is 12.4. The van der Waals surface area contributed by atoms with E-state index in [-0.39, 0.29) is 12.2 Å². The number of rotatable bonds is 5. The number of para-hydroxylation sites is 1. The fraction of sp³-hybridized carbons (Fsp3) is 0.0556. The van der Waals surface area contributed by atoms with E-state index in [1.165, 1.54) is 11.1 Å². The molecule has 3 amide bonds. The van der Waals surface area contributed by atoms with Gasteiger partial charge in [0, 0.05) is 0 Å². The van der Waals surface area contributed by atoms with Crippen LogP contribution in [0.4, 0.5) is 5.69 Å². The van der Waals surface area contributed by atoms with Crippen LogP contribution in [-0.4, -0.2) is 24.3 Å². The minimum Gasteiger partial charge on any atom is -0.482 e. The van der Waals surface area contributed by atoms with E-state index in [0.717, 1.165) is 7.14 Å². The van der Waals surface area contributed by atoms with Gasteiger partial charge in [0.15, 0.2) is 6.61 Å². The van der Waals surface area contributed by atoms with Crippen molar-refractivity contribution in [2.45, 2.75) is 0 Å². The monoisotopic (exact) mass is 589 g/mol. The third kappa shape index (κ3) is 4.40. The topological polar surface area (TPSA) is 102 Å². The maximum atomic E-state index is 12.6. The maximum Gasteiger partial charge on any atom is 0.282 e. The lowest BCUT2D eigenvalue weighted by atomic mass is 10.1. The van der Waals surface area contributed by atoms with Gasteiger partial charge in [0.25, 0.3) is 17.7 Å². The standard InChI is InChI=1S/C18H13I2N3O4/c19-13-7-10(8-14(20)16(13)27-9-15(21)24)6-12-17(25)22-23(18(12)26)11-4-2-1-3-5-11/h1-8H,9H2,(H2,21,24)(H,22,25)/b12-6-. The lowest BCUT2D eigenvalue weighted by molar-refractivity contribution is -0.120. The molecule has 0 aromatic heterocycles. The smallest absolute Gasteiger partial charge is 0.282 e. The van der Waals surface area contributed by atoms with Gasteiger partial charge in [-0.25, -0.2) is 5.01 Å². The Morgan fingerprint density at radius 3 is 2.37 bits per heavy atom. The molecule has 7 nitrogen and oxygen atoms in total. The lowest BCUT2D eigenvalue weighted by Crippen LogP contribution is -2.35. The summed E-state index contributed by atoms with van der Waals surface area (Å²) in [5.41, 5.74) is 8.96. The average Bonchev–Trinajstić information content (AvgIpc) is 2.90. The summed E-state index contributed by atoms with van der Waals surface area (Å²) in [6.45, 7) is -0.223. The molecule has 0 saturated carbocycles. The number of carbonyl (C=O) groups excluding carboxylic acids is 3. The molecule has 0 unspecified atom stereocenters. The lowest BCUT2D eigenvalue weighted by Gasteiger charge is -2.13. The van der Waals surface area contributed by atoms with Crippen LogP contribution in [-0.2, 0) is 14.4 Å². The average molecular weight is 589 g/mol. The fourth-order valence-electron chi connectivity index (χ4n) is 2.43. The van der Waals surface area contributed by atoms with E-state index in [0.29, 0.717) is 17.0 Å². The first-order valence-electron chi connectivity index (χ1n) is 7.69. The van der Waals surface area contributed by atoms with Crippen molar-refractivity contribution in [1.29, 1.82) is 0 Å². The number of nitrogens with two attached hydrogens (primary N) is 1. The van der Waals surface area contributed by atoms with Gasteiger partial charge in [0.05, 0.1) is 12.8 Å². The number of amides is 3.